The molecule has 2 amide bonds. The highest BCUT2D eigenvalue weighted by Crippen LogP contribution is 2.05. The topological polar surface area (TPSA) is 67.4 Å². The maximum atomic E-state index is 10.9. The van der Waals surface area contributed by atoms with E-state index < -0.39 is 11.7 Å². The van der Waals surface area contributed by atoms with E-state index in [9.17, 15) is 9.59 Å². The molecule has 0 aromatic heterocycles. The number of nitrogens with one attached hydrogen (secondary N) is 2. The van der Waals surface area contributed by atoms with Crippen LogP contribution in [0.15, 0.2) is 0 Å². The number of carbonyl (C=O) groups excluding carboxylic acids is 2. The fourth-order valence-electron chi connectivity index (χ4n) is 0.513. The molecular weight excluding hydrogens is 172 g/mol. The van der Waals surface area contributed by atoms with Gasteiger partial charge in [-0.3, -0.25) is 10.2 Å². The predicted octanol–water partition coefficient (Wildman–Crippen LogP) is 0.952. The van der Waals surface area contributed by atoms with E-state index in [1.165, 1.54) is 0 Å². The van der Waals surface area contributed by atoms with Crippen LogP contribution in [0.25, 0.3) is 0 Å². The van der Waals surface area contributed by atoms with Crippen LogP contribution >= 0.6 is 0 Å². The summed E-state index contributed by atoms with van der Waals surface area (Å²) < 4.78 is 4.87. The summed E-state index contributed by atoms with van der Waals surface area (Å²) in [5.41, 5.74) is 3.77. The molecule has 2 N–H and O–H groups in total. The van der Waals surface area contributed by atoms with Crippen LogP contribution in [0.5, 0.6) is 0 Å². The number of hydrogen-bond donors (Lipinski definition) is 2. The summed E-state index contributed by atoms with van der Waals surface area (Å²) in [4.78, 5) is 21.6. The number of rotatable bonds is 1. The van der Waals surface area contributed by atoms with Crippen molar-refractivity contribution in [2.75, 3.05) is 0 Å². The zero-order valence-corrected chi connectivity index (χ0v) is 8.43. The van der Waals surface area contributed by atoms with Crippen molar-refractivity contribution in [1.29, 1.82) is 0 Å². The van der Waals surface area contributed by atoms with Crippen LogP contribution in [0.3, 0.4) is 0 Å². The van der Waals surface area contributed by atoms with Crippen molar-refractivity contribution >= 4 is 12.0 Å². The van der Waals surface area contributed by atoms with Crippen LogP contribution in [-0.2, 0) is 9.53 Å². The Labute approximate surface area is 77.8 Å². The third-order valence-corrected chi connectivity index (χ3v) is 1.02. The first-order valence-electron chi connectivity index (χ1n) is 4.13. The van der Waals surface area contributed by atoms with Gasteiger partial charge in [-0.2, -0.15) is 0 Å². The largest absolute Gasteiger partial charge is 0.443 e. The molecule has 0 aliphatic heterocycles. The molecule has 0 spiro atoms. The smallest absolute Gasteiger partial charge is 0.426 e. The molecule has 0 rings (SSSR count). The minimum absolute atomic E-state index is 0.258. The van der Waals surface area contributed by atoms with Gasteiger partial charge in [0, 0.05) is 6.42 Å². The Morgan fingerprint density at radius 3 is 2.15 bits per heavy atom. The van der Waals surface area contributed by atoms with Gasteiger partial charge >= 0.3 is 6.09 Å². The van der Waals surface area contributed by atoms with Gasteiger partial charge in [0.25, 0.3) is 0 Å². The third-order valence-electron chi connectivity index (χ3n) is 1.02. The lowest BCUT2D eigenvalue weighted by Gasteiger charge is -2.19. The molecular formula is C8H16N2O3. The molecule has 0 saturated carbocycles. The average Bonchev–Trinajstić information content (AvgIpc) is 1.97. The van der Waals surface area contributed by atoms with E-state index in [1.807, 2.05) is 0 Å². The van der Waals surface area contributed by atoms with Crippen molar-refractivity contribution in [3.63, 3.8) is 0 Å². The Bertz CT molecular complexity index is 196. The third kappa shape index (κ3) is 7.11. The van der Waals surface area contributed by atoms with Gasteiger partial charge < -0.3 is 4.74 Å². The monoisotopic (exact) mass is 188 g/mol. The number of hydrogen-bond acceptors (Lipinski definition) is 3. The molecule has 5 nitrogen and oxygen atoms in total. The van der Waals surface area contributed by atoms with Crippen LogP contribution in [-0.4, -0.2) is 17.6 Å². The Morgan fingerprint density at radius 2 is 1.77 bits per heavy atom. The summed E-state index contributed by atoms with van der Waals surface area (Å²) >= 11 is 0. The van der Waals surface area contributed by atoms with Crippen molar-refractivity contribution in [2.45, 2.75) is 39.7 Å². The highest BCUT2D eigenvalue weighted by atomic mass is 16.6. The maximum Gasteiger partial charge on any atom is 0.426 e. The van der Waals surface area contributed by atoms with Gasteiger partial charge in [-0.15, -0.1) is 0 Å². The molecule has 0 aromatic carbocycles. The maximum absolute atomic E-state index is 10.9. The fourth-order valence-corrected chi connectivity index (χ4v) is 0.513. The van der Waals surface area contributed by atoms with Crippen LogP contribution in [0.4, 0.5) is 4.79 Å². The van der Waals surface area contributed by atoms with Gasteiger partial charge in [0.1, 0.15) is 5.60 Å². The summed E-state index contributed by atoms with van der Waals surface area (Å²) in [5, 5.41) is 0. The Kier molecular flexibility index (Phi) is 4.23. The summed E-state index contributed by atoms with van der Waals surface area (Å²) in [6.45, 7) is 6.92. The molecule has 0 unspecified atom stereocenters. The standard InChI is InChI=1S/C8H16N2O3/c1-5-6(11)9-10-7(12)13-8(2,3)4/h5H2,1-4H3,(H,9,11)(H,10,12). The van der Waals surface area contributed by atoms with Gasteiger partial charge in [0.05, 0.1) is 0 Å². The van der Waals surface area contributed by atoms with Gasteiger partial charge in [-0.25, -0.2) is 10.2 Å². The predicted molar refractivity (Wildman–Crippen MR) is 47.8 cm³/mol. The Balaban J connectivity index is 3.71. The zero-order chi connectivity index (χ0) is 10.5. The molecule has 0 aliphatic carbocycles. The summed E-state index contributed by atoms with van der Waals surface area (Å²) in [5.74, 6) is -0.258. The fraction of sp³-hybridized carbons (Fsp3) is 0.750. The number of carbonyl (C=O) groups is 2. The van der Waals surface area contributed by atoms with Crippen molar-refractivity contribution in [1.82, 2.24) is 10.9 Å². The highest BCUT2D eigenvalue weighted by Gasteiger charge is 2.15. The number of hydrazine groups is 1. The summed E-state index contributed by atoms with van der Waals surface area (Å²) in [7, 11) is 0. The quantitative estimate of drug-likeness (QED) is 0.602. The Hall–Kier alpha value is -1.26. The van der Waals surface area contributed by atoms with Gasteiger partial charge in [-0.05, 0) is 20.8 Å². The van der Waals surface area contributed by atoms with E-state index in [0.717, 1.165) is 0 Å². The first-order chi connectivity index (χ1) is 5.85. The van der Waals surface area contributed by atoms with Gasteiger partial charge in [0.2, 0.25) is 5.91 Å². The van der Waals surface area contributed by atoms with E-state index in [1.54, 1.807) is 27.7 Å². The zero-order valence-electron chi connectivity index (χ0n) is 8.43. The first kappa shape index (κ1) is 11.7. The Morgan fingerprint density at radius 1 is 1.23 bits per heavy atom. The van der Waals surface area contributed by atoms with E-state index >= 15 is 0 Å². The number of amides is 2. The molecule has 0 bridgehead atoms. The molecule has 76 valence electrons. The average molecular weight is 188 g/mol. The van der Waals surface area contributed by atoms with E-state index in [4.69, 9.17) is 4.74 Å². The van der Waals surface area contributed by atoms with Crippen LogP contribution < -0.4 is 10.9 Å². The normalized spacial score (nSPS) is 10.5. The summed E-state index contributed by atoms with van der Waals surface area (Å²) in [6, 6.07) is 0. The lowest BCUT2D eigenvalue weighted by atomic mass is 10.2. The lowest BCUT2D eigenvalue weighted by Crippen LogP contribution is -2.44. The lowest BCUT2D eigenvalue weighted by molar-refractivity contribution is -0.121. The molecule has 5 heteroatoms. The second kappa shape index (κ2) is 4.69. The van der Waals surface area contributed by atoms with Crippen molar-refractivity contribution < 1.29 is 14.3 Å². The van der Waals surface area contributed by atoms with Gasteiger partial charge in [-0.1, -0.05) is 6.92 Å². The second-order valence-corrected chi connectivity index (χ2v) is 3.53. The minimum Gasteiger partial charge on any atom is -0.443 e. The van der Waals surface area contributed by atoms with Gasteiger partial charge in [0.15, 0.2) is 0 Å². The number of ether oxygens (including phenoxy) is 1. The van der Waals surface area contributed by atoms with Crippen molar-refractivity contribution in [3.8, 4) is 0 Å². The van der Waals surface area contributed by atoms with Crippen LogP contribution in [0.2, 0.25) is 0 Å². The van der Waals surface area contributed by atoms with Crippen LogP contribution in [0.1, 0.15) is 34.1 Å². The van der Waals surface area contributed by atoms with E-state index in [0.29, 0.717) is 6.42 Å². The van der Waals surface area contributed by atoms with E-state index in [-0.39, 0.29) is 5.91 Å². The SMILES string of the molecule is CCC(=O)NNC(=O)OC(C)(C)C. The molecule has 0 fully saturated rings. The molecule has 0 aliphatic rings. The minimum atomic E-state index is -0.658. The molecule has 0 saturated heterocycles. The first-order valence-corrected chi connectivity index (χ1v) is 4.13. The van der Waals surface area contributed by atoms with Crippen molar-refractivity contribution in [3.05, 3.63) is 0 Å². The van der Waals surface area contributed by atoms with Crippen molar-refractivity contribution in [2.24, 2.45) is 0 Å². The molecule has 0 radical (unpaired) electrons. The van der Waals surface area contributed by atoms with Crippen LogP contribution in [0, 0.1) is 0 Å². The molecule has 0 atom stereocenters. The molecule has 0 heterocycles. The summed E-state index contributed by atoms with van der Waals surface area (Å²) in [6.07, 6.45) is -0.343. The molecule has 0 aromatic rings. The molecule has 13 heavy (non-hydrogen) atoms. The second-order valence-electron chi connectivity index (χ2n) is 3.53. The highest BCUT2D eigenvalue weighted by molar-refractivity contribution is 5.78. The van der Waals surface area contributed by atoms with E-state index in [2.05, 4.69) is 10.9 Å².